The highest BCUT2D eigenvalue weighted by Crippen LogP contribution is 2.33. The van der Waals surface area contributed by atoms with Gasteiger partial charge in [0, 0.05) is 26.2 Å². The van der Waals surface area contributed by atoms with Crippen molar-refractivity contribution in [2.24, 2.45) is 0 Å². The summed E-state index contributed by atoms with van der Waals surface area (Å²) in [4.78, 5) is 64.0. The molecule has 0 saturated carbocycles. The maximum atomic E-state index is 11.9. The van der Waals surface area contributed by atoms with E-state index in [-0.39, 0.29) is 24.2 Å². The smallest absolute Gasteiger partial charge is 0.293 e. The number of ketones is 1. The minimum atomic E-state index is 0.233. The van der Waals surface area contributed by atoms with Crippen LogP contribution in [0.15, 0.2) is 66.0 Å². The molecule has 11 heteroatoms. The molecule has 0 unspecified atom stereocenters. The Kier molecular flexibility index (Phi) is 20.0. The van der Waals surface area contributed by atoms with E-state index in [9.17, 15) is 4.79 Å². The van der Waals surface area contributed by atoms with Crippen molar-refractivity contribution in [1.82, 2.24) is 0 Å². The maximum Gasteiger partial charge on any atom is 0.373 e. The number of carbonyl (C=O) groups is 1. The zero-order valence-corrected chi connectivity index (χ0v) is 25.5. The predicted molar refractivity (Wildman–Crippen MR) is 158 cm³/mol. The lowest BCUT2D eigenvalue weighted by molar-refractivity contribution is -0.193. The Hall–Kier alpha value is -3.77. The molecule has 0 bridgehead atoms. The van der Waals surface area contributed by atoms with Crippen LogP contribution in [0.4, 0.5) is 0 Å². The summed E-state index contributed by atoms with van der Waals surface area (Å²) in [5, 5.41) is 3.74. The van der Waals surface area contributed by atoms with Crippen molar-refractivity contribution in [1.29, 1.82) is 0 Å². The van der Waals surface area contributed by atoms with E-state index in [0.717, 1.165) is 43.8 Å². The van der Waals surface area contributed by atoms with Crippen LogP contribution in [0.2, 0.25) is 10.0 Å². The van der Waals surface area contributed by atoms with Crippen LogP contribution in [0.25, 0.3) is 20.9 Å². The zero-order valence-electron chi connectivity index (χ0n) is 22.4. The minimum absolute atomic E-state index is 0.233. The number of hydrogen-bond donors (Lipinski definition) is 0. The van der Waals surface area contributed by atoms with Gasteiger partial charge < -0.3 is 0 Å². The summed E-state index contributed by atoms with van der Waals surface area (Å²) in [6.45, 7) is 6.16. The fourth-order valence-corrected chi connectivity index (χ4v) is 5.70. The van der Waals surface area contributed by atoms with Crippen molar-refractivity contribution in [3.05, 3.63) is 92.1 Å². The topological polar surface area (TPSA) is 119 Å². The first kappa shape index (κ1) is 37.2. The van der Waals surface area contributed by atoms with Gasteiger partial charge in [-0.3, -0.25) is 4.79 Å². The molecule has 0 aliphatic carbocycles. The summed E-state index contributed by atoms with van der Waals surface area (Å²) in [6, 6.07) is 20.1. The number of Topliss-reactive ketones (excluding diaryl/α,β-unsaturated/α-hetero) is 1. The molecule has 0 N–H and O–H groups in total. The number of hydrogen-bond acceptors (Lipinski definition) is 9. The summed E-state index contributed by atoms with van der Waals surface area (Å²) in [7, 11) is 0. The Morgan fingerprint density at radius 1 is 0.683 bits per heavy atom. The van der Waals surface area contributed by atoms with E-state index in [1.807, 2.05) is 43.3 Å². The Bertz CT molecular complexity index is 1410. The molecule has 0 aliphatic heterocycles. The van der Waals surface area contributed by atoms with E-state index in [0.29, 0.717) is 6.42 Å². The van der Waals surface area contributed by atoms with Gasteiger partial charge in [-0.15, -0.1) is 22.7 Å². The van der Waals surface area contributed by atoms with Crippen molar-refractivity contribution in [3.63, 3.8) is 0 Å². The van der Waals surface area contributed by atoms with E-state index in [4.69, 9.17) is 52.0 Å². The van der Waals surface area contributed by atoms with Crippen LogP contribution in [0.3, 0.4) is 0 Å². The third-order valence-electron chi connectivity index (χ3n) is 5.08. The molecule has 4 aromatic rings. The van der Waals surface area contributed by atoms with Crippen molar-refractivity contribution < 1.29 is 33.6 Å². The second kappa shape index (κ2) is 22.0. The molecule has 214 valence electrons. The van der Waals surface area contributed by atoms with Crippen molar-refractivity contribution in [3.8, 4) is 20.9 Å². The molecule has 2 aromatic heterocycles. The predicted octanol–water partition coefficient (Wildman–Crippen LogP) is 8.10. The fraction of sp³-hybridized carbons (Fsp3) is 0.200. The molecule has 0 aliphatic rings. The Morgan fingerprint density at radius 3 is 1.49 bits per heavy atom. The van der Waals surface area contributed by atoms with Gasteiger partial charge in [0.25, 0.3) is 0 Å². The average Bonchev–Trinajstić information content (AvgIpc) is 3.63. The summed E-state index contributed by atoms with van der Waals surface area (Å²) >= 11 is 15.1. The first-order chi connectivity index (χ1) is 19.7. The minimum Gasteiger partial charge on any atom is -0.293 e. The van der Waals surface area contributed by atoms with E-state index >= 15 is 0 Å². The molecule has 0 atom stereocenters. The van der Waals surface area contributed by atoms with Crippen molar-refractivity contribution >= 4 is 70.1 Å². The standard InChI is InChI=1S/C15H15ClOS.C12H11ClS.3CO2/c1-3-10-9-14(18-15(10)13(17)4-2)11-5-7-12(16)8-6-11;1-2-9-7-12(14-8-9)10-3-5-11(13)6-4-10;3*2-1-3/h5-9H,3-4H2,1-2H3;3-8H,2H2,1H3;;;. The highest BCUT2D eigenvalue weighted by Gasteiger charge is 2.14. The first-order valence-corrected chi connectivity index (χ1v) is 14.4. The monoisotopic (exact) mass is 632 g/mol. The highest BCUT2D eigenvalue weighted by atomic mass is 35.5. The molecule has 41 heavy (non-hydrogen) atoms. The van der Waals surface area contributed by atoms with E-state index in [2.05, 4.69) is 43.5 Å². The van der Waals surface area contributed by atoms with Gasteiger partial charge in [-0.25, -0.2) is 0 Å². The van der Waals surface area contributed by atoms with Gasteiger partial charge in [-0.05, 0) is 76.9 Å². The highest BCUT2D eigenvalue weighted by molar-refractivity contribution is 7.17. The van der Waals surface area contributed by atoms with Crippen molar-refractivity contribution in [2.45, 2.75) is 40.0 Å². The van der Waals surface area contributed by atoms with Crippen molar-refractivity contribution in [2.75, 3.05) is 0 Å². The Balaban J connectivity index is 0.000000616. The third kappa shape index (κ3) is 13.9. The largest absolute Gasteiger partial charge is 0.373 e. The Labute approximate surface area is 255 Å². The first-order valence-electron chi connectivity index (χ1n) is 11.9. The lowest BCUT2D eigenvalue weighted by atomic mass is 10.1. The molecule has 4 rings (SSSR count). The van der Waals surface area contributed by atoms with Crippen LogP contribution < -0.4 is 0 Å². The number of benzene rings is 2. The lowest BCUT2D eigenvalue weighted by Crippen LogP contribution is -1.96. The van der Waals surface area contributed by atoms with Crippen LogP contribution in [0, 0.1) is 0 Å². The molecule has 0 fully saturated rings. The van der Waals surface area contributed by atoms with Gasteiger partial charge in [0.1, 0.15) is 0 Å². The number of halogens is 2. The van der Waals surface area contributed by atoms with E-state index in [1.54, 1.807) is 22.7 Å². The molecular formula is C30H26Cl2O7S2. The normalized spacial score (nSPS) is 8.80. The average molecular weight is 634 g/mol. The van der Waals surface area contributed by atoms with Crippen LogP contribution in [-0.4, -0.2) is 24.2 Å². The van der Waals surface area contributed by atoms with Gasteiger partial charge >= 0.3 is 18.5 Å². The van der Waals surface area contributed by atoms with Gasteiger partial charge in [-0.1, -0.05) is 68.2 Å². The summed E-state index contributed by atoms with van der Waals surface area (Å²) in [5.41, 5.74) is 4.92. The second-order valence-corrected chi connectivity index (χ2v) is 10.4. The second-order valence-electron chi connectivity index (χ2n) is 7.53. The van der Waals surface area contributed by atoms with Gasteiger partial charge in [-0.2, -0.15) is 28.8 Å². The maximum absolute atomic E-state index is 11.9. The molecule has 0 saturated heterocycles. The van der Waals surface area contributed by atoms with Crippen LogP contribution in [0.5, 0.6) is 0 Å². The SMILES string of the molecule is CCC(=O)c1sc(-c2ccc(Cl)cc2)cc1CC.CCc1csc(-c2ccc(Cl)cc2)c1.O=C=O.O=C=O.O=C=O. The summed E-state index contributed by atoms with van der Waals surface area (Å²) in [5.74, 6) is 0.233. The van der Waals surface area contributed by atoms with Crippen LogP contribution in [0.1, 0.15) is 48.0 Å². The molecule has 0 amide bonds. The van der Waals surface area contributed by atoms with Gasteiger partial charge in [0.2, 0.25) is 0 Å². The van der Waals surface area contributed by atoms with Gasteiger partial charge in [0.15, 0.2) is 5.78 Å². The molecule has 7 nitrogen and oxygen atoms in total. The number of carbonyl (C=O) groups excluding carboxylic acids is 7. The summed E-state index contributed by atoms with van der Waals surface area (Å²) in [6.07, 6.45) is 3.31. The molecule has 2 heterocycles. The molecule has 2 aromatic carbocycles. The quantitative estimate of drug-likeness (QED) is 0.197. The van der Waals surface area contributed by atoms with Gasteiger partial charge in [0.05, 0.1) is 4.88 Å². The van der Waals surface area contributed by atoms with E-state index in [1.165, 1.54) is 16.0 Å². The Morgan fingerprint density at radius 2 is 1.12 bits per heavy atom. The van der Waals surface area contributed by atoms with E-state index < -0.39 is 0 Å². The number of rotatable bonds is 6. The lowest BCUT2D eigenvalue weighted by Gasteiger charge is -1.96. The molecule has 0 spiro atoms. The van der Waals surface area contributed by atoms with Crippen LogP contribution >= 0.6 is 45.9 Å². The third-order valence-corrected chi connectivity index (χ3v) is 7.88. The fourth-order valence-electron chi connectivity index (χ4n) is 3.17. The zero-order chi connectivity index (χ0) is 31.2. The number of thiophene rings is 2. The summed E-state index contributed by atoms with van der Waals surface area (Å²) < 4.78 is 0. The number of aryl methyl sites for hydroxylation is 2. The van der Waals surface area contributed by atoms with Crippen LogP contribution in [-0.2, 0) is 41.6 Å². The molecular weight excluding hydrogens is 607 g/mol. The molecule has 0 radical (unpaired) electrons.